The zero-order valence-electron chi connectivity index (χ0n) is 11.0. The third-order valence-corrected chi connectivity index (χ3v) is 3.00. The van der Waals surface area contributed by atoms with Gasteiger partial charge in [0.1, 0.15) is 5.75 Å². The van der Waals surface area contributed by atoms with Gasteiger partial charge in [-0.2, -0.15) is 0 Å². The number of nitrogens with zero attached hydrogens (tertiary/aromatic N) is 1. The lowest BCUT2D eigenvalue weighted by molar-refractivity contribution is 0.410. The van der Waals surface area contributed by atoms with E-state index in [2.05, 4.69) is 35.9 Å². The van der Waals surface area contributed by atoms with Gasteiger partial charge in [-0.15, -0.1) is 0 Å². The first-order valence-electron chi connectivity index (χ1n) is 6.06. The van der Waals surface area contributed by atoms with Crippen LogP contribution in [0.15, 0.2) is 24.4 Å². The second-order valence-corrected chi connectivity index (χ2v) is 4.70. The van der Waals surface area contributed by atoms with E-state index >= 15 is 0 Å². The fourth-order valence-corrected chi connectivity index (χ4v) is 1.97. The number of rotatable bonds is 4. The van der Waals surface area contributed by atoms with Crippen LogP contribution in [0.5, 0.6) is 5.75 Å². The molecule has 0 unspecified atom stereocenters. The van der Waals surface area contributed by atoms with Crippen molar-refractivity contribution < 1.29 is 4.74 Å². The number of imidazole rings is 1. The van der Waals surface area contributed by atoms with Crippen LogP contribution in [0.1, 0.15) is 36.6 Å². The maximum atomic E-state index is 5.58. The SMILES string of the molecule is COc1ccc(C(C)C)cc1Cc1cnc(N)[nH]1. The highest BCUT2D eigenvalue weighted by atomic mass is 16.5. The lowest BCUT2D eigenvalue weighted by atomic mass is 9.98. The number of H-pyrrole nitrogens is 1. The van der Waals surface area contributed by atoms with Crippen LogP contribution in [0.2, 0.25) is 0 Å². The van der Waals surface area contributed by atoms with E-state index in [0.29, 0.717) is 11.9 Å². The number of benzene rings is 1. The molecule has 3 N–H and O–H groups in total. The quantitative estimate of drug-likeness (QED) is 0.870. The van der Waals surface area contributed by atoms with Crippen molar-refractivity contribution in [3.05, 3.63) is 41.2 Å². The summed E-state index contributed by atoms with van der Waals surface area (Å²) in [6, 6.07) is 6.30. The predicted octanol–water partition coefficient (Wildman–Crippen LogP) is 2.71. The maximum absolute atomic E-state index is 5.58. The number of aromatic nitrogens is 2. The molecule has 1 heterocycles. The topological polar surface area (TPSA) is 63.9 Å². The van der Waals surface area contributed by atoms with E-state index in [4.69, 9.17) is 10.5 Å². The molecule has 1 aromatic heterocycles. The van der Waals surface area contributed by atoms with E-state index in [1.54, 1.807) is 13.3 Å². The van der Waals surface area contributed by atoms with Crippen molar-refractivity contribution in [3.63, 3.8) is 0 Å². The summed E-state index contributed by atoms with van der Waals surface area (Å²) in [6.45, 7) is 4.36. The number of anilines is 1. The lowest BCUT2D eigenvalue weighted by Crippen LogP contribution is -1.97. The number of nitrogens with two attached hydrogens (primary N) is 1. The minimum Gasteiger partial charge on any atom is -0.496 e. The second-order valence-electron chi connectivity index (χ2n) is 4.70. The van der Waals surface area contributed by atoms with Crippen molar-refractivity contribution in [2.24, 2.45) is 0 Å². The van der Waals surface area contributed by atoms with Crippen LogP contribution in [0.25, 0.3) is 0 Å². The summed E-state index contributed by atoms with van der Waals surface area (Å²) in [5.41, 5.74) is 9.03. The molecule has 2 aromatic rings. The average molecular weight is 245 g/mol. The maximum Gasteiger partial charge on any atom is 0.197 e. The number of nitrogens with one attached hydrogen (secondary N) is 1. The van der Waals surface area contributed by atoms with Gasteiger partial charge < -0.3 is 15.5 Å². The third kappa shape index (κ3) is 2.64. The highest BCUT2D eigenvalue weighted by molar-refractivity contribution is 5.40. The Labute approximate surface area is 107 Å². The van der Waals surface area contributed by atoms with E-state index in [9.17, 15) is 0 Å². The first-order chi connectivity index (χ1) is 8.60. The van der Waals surface area contributed by atoms with Gasteiger partial charge >= 0.3 is 0 Å². The summed E-state index contributed by atoms with van der Waals surface area (Å²) in [5.74, 6) is 1.85. The second kappa shape index (κ2) is 5.12. The molecule has 0 bridgehead atoms. The van der Waals surface area contributed by atoms with Gasteiger partial charge in [0, 0.05) is 17.7 Å². The third-order valence-electron chi connectivity index (χ3n) is 3.00. The summed E-state index contributed by atoms with van der Waals surface area (Å²) in [6.07, 6.45) is 2.50. The van der Waals surface area contributed by atoms with Gasteiger partial charge in [0.05, 0.1) is 13.3 Å². The van der Waals surface area contributed by atoms with Crippen LogP contribution in [-0.2, 0) is 6.42 Å². The smallest absolute Gasteiger partial charge is 0.197 e. The molecular weight excluding hydrogens is 226 g/mol. The number of nitrogen functional groups attached to an aromatic ring is 1. The Morgan fingerprint density at radius 3 is 2.72 bits per heavy atom. The van der Waals surface area contributed by atoms with Gasteiger partial charge in [0.15, 0.2) is 5.95 Å². The number of hydrogen-bond acceptors (Lipinski definition) is 3. The van der Waals surface area contributed by atoms with E-state index in [0.717, 1.165) is 23.4 Å². The largest absolute Gasteiger partial charge is 0.496 e. The Hall–Kier alpha value is -1.97. The standard InChI is InChI=1S/C14H19N3O/c1-9(2)10-4-5-13(18-3)11(6-10)7-12-8-16-14(15)17-12/h4-6,8-9H,7H2,1-3H3,(H3,15,16,17). The van der Waals surface area contributed by atoms with Gasteiger partial charge in [0.25, 0.3) is 0 Å². The van der Waals surface area contributed by atoms with E-state index in [-0.39, 0.29) is 0 Å². The van der Waals surface area contributed by atoms with Crippen LogP contribution < -0.4 is 10.5 Å². The van der Waals surface area contributed by atoms with E-state index < -0.39 is 0 Å². The summed E-state index contributed by atoms with van der Waals surface area (Å²) in [4.78, 5) is 7.04. The fourth-order valence-electron chi connectivity index (χ4n) is 1.97. The number of hydrogen-bond donors (Lipinski definition) is 2. The molecule has 0 amide bonds. The molecule has 4 nitrogen and oxygen atoms in total. The molecule has 0 aliphatic carbocycles. The Morgan fingerprint density at radius 2 is 2.17 bits per heavy atom. The molecule has 2 rings (SSSR count). The Morgan fingerprint density at radius 1 is 1.39 bits per heavy atom. The molecule has 0 saturated heterocycles. The summed E-state index contributed by atoms with van der Waals surface area (Å²) in [7, 11) is 1.69. The number of aromatic amines is 1. The van der Waals surface area contributed by atoms with Crippen LogP contribution in [-0.4, -0.2) is 17.1 Å². The molecule has 1 aromatic carbocycles. The predicted molar refractivity (Wildman–Crippen MR) is 72.9 cm³/mol. The van der Waals surface area contributed by atoms with Gasteiger partial charge in [0.2, 0.25) is 0 Å². The Bertz CT molecular complexity index is 532. The molecule has 0 atom stereocenters. The monoisotopic (exact) mass is 245 g/mol. The molecule has 0 radical (unpaired) electrons. The van der Waals surface area contributed by atoms with Gasteiger partial charge in [-0.25, -0.2) is 4.98 Å². The number of methoxy groups -OCH3 is 1. The van der Waals surface area contributed by atoms with E-state index in [1.165, 1.54) is 5.56 Å². The minimum atomic E-state index is 0.448. The zero-order valence-corrected chi connectivity index (χ0v) is 11.0. The highest BCUT2D eigenvalue weighted by Gasteiger charge is 2.09. The molecular formula is C14H19N3O. The molecule has 0 aliphatic heterocycles. The lowest BCUT2D eigenvalue weighted by Gasteiger charge is -2.12. The van der Waals surface area contributed by atoms with Crippen molar-refractivity contribution in [2.45, 2.75) is 26.2 Å². The molecule has 0 aliphatic rings. The summed E-state index contributed by atoms with van der Waals surface area (Å²) in [5, 5.41) is 0. The zero-order chi connectivity index (χ0) is 13.1. The first kappa shape index (κ1) is 12.5. The number of ether oxygens (including phenoxy) is 1. The van der Waals surface area contributed by atoms with E-state index in [1.807, 2.05) is 6.07 Å². The molecule has 18 heavy (non-hydrogen) atoms. The van der Waals surface area contributed by atoms with Crippen molar-refractivity contribution in [1.29, 1.82) is 0 Å². The molecule has 4 heteroatoms. The first-order valence-corrected chi connectivity index (χ1v) is 6.06. The molecule has 96 valence electrons. The summed E-state index contributed by atoms with van der Waals surface area (Å²) >= 11 is 0. The van der Waals surface area contributed by atoms with Crippen LogP contribution in [0.4, 0.5) is 5.95 Å². The van der Waals surface area contributed by atoms with Gasteiger partial charge in [-0.3, -0.25) is 0 Å². The van der Waals surface area contributed by atoms with Gasteiger partial charge in [-0.05, 0) is 17.5 Å². The van der Waals surface area contributed by atoms with Crippen molar-refractivity contribution in [2.75, 3.05) is 12.8 Å². The van der Waals surface area contributed by atoms with Crippen LogP contribution in [0, 0.1) is 0 Å². The molecule has 0 saturated carbocycles. The summed E-state index contributed by atoms with van der Waals surface area (Å²) < 4.78 is 5.39. The van der Waals surface area contributed by atoms with Crippen LogP contribution in [0.3, 0.4) is 0 Å². The molecule has 0 fully saturated rings. The molecule has 0 spiro atoms. The van der Waals surface area contributed by atoms with Crippen molar-refractivity contribution >= 4 is 5.95 Å². The fraction of sp³-hybridized carbons (Fsp3) is 0.357. The Kier molecular flexibility index (Phi) is 3.55. The van der Waals surface area contributed by atoms with Crippen molar-refractivity contribution in [3.8, 4) is 5.75 Å². The Balaban J connectivity index is 2.32. The van der Waals surface area contributed by atoms with Gasteiger partial charge in [-0.1, -0.05) is 26.0 Å². The van der Waals surface area contributed by atoms with Crippen LogP contribution >= 0.6 is 0 Å². The van der Waals surface area contributed by atoms with Crippen molar-refractivity contribution in [1.82, 2.24) is 9.97 Å². The normalized spacial score (nSPS) is 10.9. The highest BCUT2D eigenvalue weighted by Crippen LogP contribution is 2.26. The average Bonchev–Trinajstić information content (AvgIpc) is 2.74. The minimum absolute atomic E-state index is 0.448.